The van der Waals surface area contributed by atoms with Crippen LogP contribution in [0.25, 0.3) is 17.0 Å². The number of ether oxygens (including phenoxy) is 3. The molecule has 0 spiro atoms. The van der Waals surface area contributed by atoms with E-state index in [1.807, 2.05) is 19.9 Å². The lowest BCUT2D eigenvalue weighted by atomic mass is 9.93. The number of allylic oxidation sites excluding steroid dienone is 1. The number of fused-ring (bicyclic) bond motifs is 1. The summed E-state index contributed by atoms with van der Waals surface area (Å²) in [6.07, 6.45) is 3.16. The Hall–Kier alpha value is -4.20. The SMILES string of the molecule is CCOC(=O)c1cc2cc(/C=C/C(=O)c3ccc(OC(C)C(=O)OCC)cc3)cc(C(C)CC)c2oc1=O. The van der Waals surface area contributed by atoms with Crippen LogP contribution in [0.1, 0.15) is 78.8 Å². The average Bonchev–Trinajstić information content (AvgIpc) is 2.91. The fraction of sp³-hybridized carbons (Fsp3) is 0.333. The van der Waals surface area contributed by atoms with Crippen molar-refractivity contribution in [2.45, 2.75) is 53.1 Å². The molecule has 0 aliphatic carbocycles. The van der Waals surface area contributed by atoms with Crippen molar-refractivity contribution in [1.82, 2.24) is 0 Å². The Morgan fingerprint density at radius 3 is 2.26 bits per heavy atom. The summed E-state index contributed by atoms with van der Waals surface area (Å²) in [6, 6.07) is 11.6. The van der Waals surface area contributed by atoms with E-state index in [1.54, 1.807) is 57.2 Å². The third-order valence-electron chi connectivity index (χ3n) is 6.02. The second-order valence-corrected chi connectivity index (χ2v) is 8.74. The van der Waals surface area contributed by atoms with Crippen molar-refractivity contribution < 1.29 is 33.0 Å². The van der Waals surface area contributed by atoms with Crippen LogP contribution in [0.4, 0.5) is 0 Å². The molecule has 0 aliphatic heterocycles. The van der Waals surface area contributed by atoms with Gasteiger partial charge in [0.1, 0.15) is 16.9 Å². The summed E-state index contributed by atoms with van der Waals surface area (Å²) in [5.41, 5.74) is 1.45. The maximum Gasteiger partial charge on any atom is 0.351 e. The molecule has 3 rings (SSSR count). The van der Waals surface area contributed by atoms with Crippen LogP contribution in [0, 0.1) is 0 Å². The van der Waals surface area contributed by atoms with E-state index in [1.165, 1.54) is 12.1 Å². The molecule has 0 saturated carbocycles. The Balaban J connectivity index is 1.88. The quantitative estimate of drug-likeness (QED) is 0.137. The van der Waals surface area contributed by atoms with E-state index in [0.29, 0.717) is 27.8 Å². The van der Waals surface area contributed by atoms with Crippen LogP contribution < -0.4 is 10.4 Å². The standard InChI is InChI=1S/C30H32O8/c1-6-18(4)24-16-20(15-22-17-25(29(33)36-8-3)30(34)38-27(22)24)9-14-26(31)21-10-12-23(13-11-21)37-19(5)28(32)35-7-2/h9-19H,6-8H2,1-5H3/b14-9+. The molecule has 0 radical (unpaired) electrons. The Labute approximate surface area is 221 Å². The van der Waals surface area contributed by atoms with E-state index >= 15 is 0 Å². The first-order valence-electron chi connectivity index (χ1n) is 12.6. The number of rotatable bonds is 11. The molecule has 8 heteroatoms. The Morgan fingerprint density at radius 2 is 1.63 bits per heavy atom. The Kier molecular flexibility index (Phi) is 9.60. The van der Waals surface area contributed by atoms with E-state index in [0.717, 1.165) is 12.0 Å². The van der Waals surface area contributed by atoms with Gasteiger partial charge in [-0.15, -0.1) is 0 Å². The lowest BCUT2D eigenvalue weighted by molar-refractivity contribution is -0.150. The summed E-state index contributed by atoms with van der Waals surface area (Å²) in [6.45, 7) is 9.41. The Morgan fingerprint density at radius 1 is 0.947 bits per heavy atom. The molecular formula is C30H32O8. The molecule has 3 aromatic rings. The predicted octanol–water partition coefficient (Wildman–Crippen LogP) is 5.71. The van der Waals surface area contributed by atoms with Gasteiger partial charge in [-0.2, -0.15) is 0 Å². The number of ketones is 1. The van der Waals surface area contributed by atoms with Crippen molar-refractivity contribution in [2.24, 2.45) is 0 Å². The number of carbonyl (C=O) groups is 3. The van der Waals surface area contributed by atoms with Crippen molar-refractivity contribution in [3.8, 4) is 5.75 Å². The van der Waals surface area contributed by atoms with Crippen LogP contribution in [0.2, 0.25) is 0 Å². The van der Waals surface area contributed by atoms with E-state index in [4.69, 9.17) is 18.6 Å². The number of carbonyl (C=O) groups excluding carboxylic acids is 3. The average molecular weight is 521 g/mol. The molecule has 0 amide bonds. The van der Waals surface area contributed by atoms with Gasteiger partial charge in [0.15, 0.2) is 11.9 Å². The zero-order chi connectivity index (χ0) is 27.8. The largest absolute Gasteiger partial charge is 0.479 e. The molecule has 0 bridgehead atoms. The molecule has 0 saturated heterocycles. The molecule has 1 aromatic heterocycles. The highest BCUT2D eigenvalue weighted by molar-refractivity contribution is 6.07. The van der Waals surface area contributed by atoms with Crippen molar-refractivity contribution in [3.05, 3.63) is 81.2 Å². The molecule has 2 unspecified atom stereocenters. The van der Waals surface area contributed by atoms with Crippen LogP contribution in [0.15, 0.2) is 57.8 Å². The highest BCUT2D eigenvalue weighted by atomic mass is 16.6. The maximum atomic E-state index is 12.8. The molecule has 38 heavy (non-hydrogen) atoms. The molecule has 0 fully saturated rings. The van der Waals surface area contributed by atoms with Gasteiger partial charge in [0.05, 0.1) is 13.2 Å². The van der Waals surface area contributed by atoms with Crippen molar-refractivity contribution >= 4 is 34.8 Å². The lowest BCUT2D eigenvalue weighted by Gasteiger charge is -2.13. The minimum Gasteiger partial charge on any atom is -0.479 e. The van der Waals surface area contributed by atoms with Crippen molar-refractivity contribution in [3.63, 3.8) is 0 Å². The van der Waals surface area contributed by atoms with Gasteiger partial charge in [-0.3, -0.25) is 4.79 Å². The number of esters is 2. The van der Waals surface area contributed by atoms with Gasteiger partial charge >= 0.3 is 17.6 Å². The molecule has 0 N–H and O–H groups in total. The smallest absolute Gasteiger partial charge is 0.351 e. The molecule has 1 heterocycles. The zero-order valence-electron chi connectivity index (χ0n) is 22.2. The minimum absolute atomic E-state index is 0.0719. The zero-order valence-corrected chi connectivity index (χ0v) is 22.2. The highest BCUT2D eigenvalue weighted by Gasteiger charge is 2.19. The third-order valence-corrected chi connectivity index (χ3v) is 6.02. The summed E-state index contributed by atoms with van der Waals surface area (Å²) in [4.78, 5) is 49.2. The highest BCUT2D eigenvalue weighted by Crippen LogP contribution is 2.30. The van der Waals surface area contributed by atoms with E-state index < -0.39 is 23.7 Å². The van der Waals surface area contributed by atoms with Gasteiger partial charge in [0.25, 0.3) is 0 Å². The fourth-order valence-electron chi connectivity index (χ4n) is 3.80. The van der Waals surface area contributed by atoms with Crippen LogP contribution in [0.3, 0.4) is 0 Å². The topological polar surface area (TPSA) is 109 Å². The van der Waals surface area contributed by atoms with Crippen LogP contribution in [0.5, 0.6) is 5.75 Å². The molecule has 2 atom stereocenters. The second kappa shape index (κ2) is 12.9. The molecule has 0 aliphatic rings. The number of hydrogen-bond acceptors (Lipinski definition) is 8. The molecule has 8 nitrogen and oxygen atoms in total. The van der Waals surface area contributed by atoms with Gasteiger partial charge < -0.3 is 18.6 Å². The van der Waals surface area contributed by atoms with Crippen LogP contribution >= 0.6 is 0 Å². The van der Waals surface area contributed by atoms with Gasteiger partial charge in [0, 0.05) is 10.9 Å². The summed E-state index contributed by atoms with van der Waals surface area (Å²) >= 11 is 0. The molecule has 2 aromatic carbocycles. The third kappa shape index (κ3) is 6.76. The van der Waals surface area contributed by atoms with E-state index in [-0.39, 0.29) is 30.5 Å². The van der Waals surface area contributed by atoms with Crippen molar-refractivity contribution in [2.75, 3.05) is 13.2 Å². The summed E-state index contributed by atoms with van der Waals surface area (Å²) < 4.78 is 21.0. The van der Waals surface area contributed by atoms with Gasteiger partial charge in [0.2, 0.25) is 0 Å². The monoisotopic (exact) mass is 520 g/mol. The van der Waals surface area contributed by atoms with Crippen molar-refractivity contribution in [1.29, 1.82) is 0 Å². The Bertz CT molecular complexity index is 1400. The summed E-state index contributed by atoms with van der Waals surface area (Å²) in [5.74, 6) is -0.919. The fourth-order valence-corrected chi connectivity index (χ4v) is 3.80. The lowest BCUT2D eigenvalue weighted by Crippen LogP contribution is -2.26. The van der Waals surface area contributed by atoms with Crippen LogP contribution in [-0.2, 0) is 14.3 Å². The first kappa shape index (κ1) is 28.4. The normalized spacial score (nSPS) is 12.8. The van der Waals surface area contributed by atoms with Crippen LogP contribution in [-0.4, -0.2) is 37.0 Å². The van der Waals surface area contributed by atoms with Gasteiger partial charge in [-0.05, 0) is 92.8 Å². The van der Waals surface area contributed by atoms with E-state index in [2.05, 4.69) is 0 Å². The summed E-state index contributed by atoms with van der Waals surface area (Å²) in [5, 5.41) is 0.565. The minimum atomic E-state index is -0.766. The van der Waals surface area contributed by atoms with Gasteiger partial charge in [-0.1, -0.05) is 19.9 Å². The summed E-state index contributed by atoms with van der Waals surface area (Å²) in [7, 11) is 0. The molecule has 200 valence electrons. The van der Waals surface area contributed by atoms with E-state index in [9.17, 15) is 19.2 Å². The van der Waals surface area contributed by atoms with Gasteiger partial charge in [-0.25, -0.2) is 14.4 Å². The molecular weight excluding hydrogens is 488 g/mol. The maximum absolute atomic E-state index is 12.8. The predicted molar refractivity (Wildman–Crippen MR) is 144 cm³/mol. The number of hydrogen-bond donors (Lipinski definition) is 0. The number of benzene rings is 2. The first-order valence-corrected chi connectivity index (χ1v) is 12.6. The first-order chi connectivity index (χ1) is 18.2. The second-order valence-electron chi connectivity index (χ2n) is 8.74.